The number of hydrogen-bond acceptors (Lipinski definition) is 7. The third-order valence-electron chi connectivity index (χ3n) is 7.74. The minimum atomic E-state index is -4.97. The molecule has 13 heteroatoms. The lowest BCUT2D eigenvalue weighted by Gasteiger charge is -2.40. The normalized spacial score (nSPS) is 17.9. The number of rotatable bonds is 6. The van der Waals surface area contributed by atoms with Crippen LogP contribution in [0.4, 0.5) is 39.3 Å². The summed E-state index contributed by atoms with van der Waals surface area (Å²) in [5.74, 6) is -2.44. The van der Waals surface area contributed by atoms with Gasteiger partial charge in [0.25, 0.3) is 5.91 Å². The van der Waals surface area contributed by atoms with Gasteiger partial charge < -0.3 is 20.0 Å². The highest BCUT2D eigenvalue weighted by Gasteiger charge is 2.36. The molecule has 5 rings (SSSR count). The second-order valence-corrected chi connectivity index (χ2v) is 10.6. The molecular weight excluding hydrogens is 571 g/mol. The number of carbonyl (C=O) groups is 2. The van der Waals surface area contributed by atoms with E-state index in [1.54, 1.807) is 0 Å². The van der Waals surface area contributed by atoms with Crippen molar-refractivity contribution in [2.75, 3.05) is 54.9 Å². The highest BCUT2D eigenvalue weighted by molar-refractivity contribution is 6.07. The summed E-state index contributed by atoms with van der Waals surface area (Å²) in [7, 11) is 1.96. The molecule has 43 heavy (non-hydrogen) atoms. The summed E-state index contributed by atoms with van der Waals surface area (Å²) < 4.78 is 70.7. The van der Waals surface area contributed by atoms with Crippen LogP contribution in [0.5, 0.6) is 0 Å². The highest BCUT2D eigenvalue weighted by atomic mass is 19.4. The Morgan fingerprint density at radius 3 is 2.47 bits per heavy atom. The van der Waals surface area contributed by atoms with Gasteiger partial charge in [-0.2, -0.15) is 13.2 Å². The van der Waals surface area contributed by atoms with E-state index in [1.807, 2.05) is 29.8 Å². The number of piperazine rings is 1. The fourth-order valence-corrected chi connectivity index (χ4v) is 5.24. The molecule has 3 heterocycles. The lowest BCUT2D eigenvalue weighted by molar-refractivity contribution is -0.138. The molecule has 0 radical (unpaired) electrons. The molecule has 2 aliphatic rings. The van der Waals surface area contributed by atoms with Crippen LogP contribution in [0.25, 0.3) is 5.57 Å². The van der Waals surface area contributed by atoms with Gasteiger partial charge >= 0.3 is 6.18 Å². The molecule has 8 nitrogen and oxygen atoms in total. The topological polar surface area (TPSA) is 81.7 Å². The molecular formula is C30H29F5N6O2. The van der Waals surface area contributed by atoms with Crippen LogP contribution in [0.15, 0.2) is 48.8 Å². The first-order valence-electron chi connectivity index (χ1n) is 13.6. The Labute approximate surface area is 244 Å². The second-order valence-electron chi connectivity index (χ2n) is 10.6. The summed E-state index contributed by atoms with van der Waals surface area (Å²) in [6, 6.07) is 4.65. The van der Waals surface area contributed by atoms with E-state index in [4.69, 9.17) is 0 Å². The van der Waals surface area contributed by atoms with Crippen LogP contribution >= 0.6 is 0 Å². The summed E-state index contributed by atoms with van der Waals surface area (Å²) in [6.07, 6.45) is 0.802. The van der Waals surface area contributed by atoms with E-state index < -0.39 is 34.8 Å². The molecule has 1 unspecified atom stereocenters. The molecule has 226 valence electrons. The number of benzene rings is 2. The van der Waals surface area contributed by atoms with Gasteiger partial charge in [0.05, 0.1) is 28.1 Å². The van der Waals surface area contributed by atoms with Crippen molar-refractivity contribution in [1.82, 2.24) is 14.9 Å². The fourth-order valence-electron chi connectivity index (χ4n) is 5.24. The monoisotopic (exact) mass is 600 g/mol. The first-order valence-corrected chi connectivity index (χ1v) is 13.6. The van der Waals surface area contributed by atoms with Gasteiger partial charge in [0.1, 0.15) is 11.6 Å². The Morgan fingerprint density at radius 1 is 1.05 bits per heavy atom. The van der Waals surface area contributed by atoms with Crippen LogP contribution in [0.2, 0.25) is 0 Å². The number of likely N-dealkylation sites (N-methyl/N-ethyl adjacent to an activating group) is 1. The van der Waals surface area contributed by atoms with Crippen LogP contribution in [0.3, 0.4) is 0 Å². The van der Waals surface area contributed by atoms with Crippen molar-refractivity contribution in [2.24, 2.45) is 0 Å². The largest absolute Gasteiger partial charge is 0.417 e. The maximum atomic E-state index is 15.8. The SMILES string of the molecule is CC1CN(c2cc(F)c(C3=CCCN(c4ncc(C=O)cn4)C3)cc2NC(=O)c2ccc(F)cc2C(F)(F)F)CCN1C. The molecule has 1 saturated heterocycles. The van der Waals surface area contributed by atoms with Crippen molar-refractivity contribution in [3.05, 3.63) is 82.7 Å². The van der Waals surface area contributed by atoms with Crippen LogP contribution in [-0.2, 0) is 6.18 Å². The first-order chi connectivity index (χ1) is 20.4. The van der Waals surface area contributed by atoms with Crippen molar-refractivity contribution in [3.8, 4) is 0 Å². The van der Waals surface area contributed by atoms with Crippen LogP contribution in [0.1, 0.15) is 45.2 Å². The molecule has 1 fully saturated rings. The number of nitrogens with one attached hydrogen (secondary N) is 1. The summed E-state index contributed by atoms with van der Waals surface area (Å²) in [6.45, 7) is 4.39. The molecule has 0 aliphatic carbocycles. The molecule has 1 atom stereocenters. The number of carbonyl (C=O) groups excluding carboxylic acids is 2. The lowest BCUT2D eigenvalue weighted by atomic mass is 9.98. The van der Waals surface area contributed by atoms with Gasteiger partial charge in [-0.15, -0.1) is 0 Å². The Balaban J connectivity index is 1.52. The quantitative estimate of drug-likeness (QED) is 0.305. The van der Waals surface area contributed by atoms with Crippen molar-refractivity contribution < 1.29 is 31.5 Å². The minimum Gasteiger partial charge on any atom is -0.367 e. The van der Waals surface area contributed by atoms with Crippen molar-refractivity contribution in [1.29, 1.82) is 0 Å². The van der Waals surface area contributed by atoms with Crippen LogP contribution < -0.4 is 15.1 Å². The molecule has 0 spiro atoms. The number of nitrogens with zero attached hydrogens (tertiary/aromatic N) is 5. The first kappa shape index (κ1) is 30.1. The Morgan fingerprint density at radius 2 is 1.79 bits per heavy atom. The Kier molecular flexibility index (Phi) is 8.45. The van der Waals surface area contributed by atoms with Gasteiger partial charge in [0, 0.05) is 56.7 Å². The molecule has 0 saturated carbocycles. The third kappa shape index (κ3) is 6.51. The van der Waals surface area contributed by atoms with Gasteiger partial charge in [-0.1, -0.05) is 6.08 Å². The van der Waals surface area contributed by atoms with E-state index >= 15 is 4.39 Å². The molecule has 1 aromatic heterocycles. The number of alkyl halides is 3. The Bertz CT molecular complexity index is 1560. The summed E-state index contributed by atoms with van der Waals surface area (Å²) in [5, 5.41) is 2.56. The molecule has 3 aromatic rings. The Hall–Kier alpha value is -4.39. The van der Waals surface area contributed by atoms with E-state index in [0.717, 1.165) is 12.1 Å². The van der Waals surface area contributed by atoms with Gasteiger partial charge in [-0.3, -0.25) is 9.59 Å². The summed E-state index contributed by atoms with van der Waals surface area (Å²) >= 11 is 0. The number of aldehydes is 1. The maximum Gasteiger partial charge on any atom is 0.417 e. The smallest absolute Gasteiger partial charge is 0.367 e. The highest BCUT2D eigenvalue weighted by Crippen LogP contribution is 2.37. The molecule has 1 amide bonds. The number of aromatic nitrogens is 2. The van der Waals surface area contributed by atoms with Gasteiger partial charge in [0.15, 0.2) is 6.29 Å². The van der Waals surface area contributed by atoms with Crippen molar-refractivity contribution >= 4 is 35.1 Å². The average Bonchev–Trinajstić information content (AvgIpc) is 2.99. The standard InChI is InChI=1S/C30H29F5N6O2/c1-18-15-40(9-8-39(18)2)27-12-25(32)23(20-4-3-7-41(16-20)29-36-13-19(17-42)14-37-29)11-26(27)38-28(43)22-6-5-21(31)10-24(22)30(33,34)35/h4-6,10-14,17-18H,3,7-9,15-16H2,1-2H3,(H,38,43). The molecule has 2 aromatic carbocycles. The number of anilines is 3. The van der Waals surface area contributed by atoms with E-state index in [2.05, 4.69) is 20.2 Å². The number of halogens is 5. The predicted molar refractivity (Wildman–Crippen MR) is 152 cm³/mol. The summed E-state index contributed by atoms with van der Waals surface area (Å²) in [4.78, 5) is 38.5. The van der Waals surface area contributed by atoms with Gasteiger partial charge in [-0.05, 0) is 56.3 Å². The van der Waals surface area contributed by atoms with Gasteiger partial charge in [0.2, 0.25) is 5.95 Å². The van der Waals surface area contributed by atoms with E-state index in [-0.39, 0.29) is 29.9 Å². The number of hydrogen-bond donors (Lipinski definition) is 1. The zero-order valence-electron chi connectivity index (χ0n) is 23.5. The molecule has 2 aliphatic heterocycles. The summed E-state index contributed by atoms with van der Waals surface area (Å²) in [5.41, 5.74) is -0.674. The zero-order chi connectivity index (χ0) is 30.9. The predicted octanol–water partition coefficient (Wildman–Crippen LogP) is 5.27. The van der Waals surface area contributed by atoms with Crippen LogP contribution in [0, 0.1) is 11.6 Å². The van der Waals surface area contributed by atoms with E-state index in [0.29, 0.717) is 61.7 Å². The van der Waals surface area contributed by atoms with Crippen molar-refractivity contribution in [2.45, 2.75) is 25.6 Å². The average molecular weight is 601 g/mol. The van der Waals surface area contributed by atoms with E-state index in [1.165, 1.54) is 24.5 Å². The molecule has 0 bridgehead atoms. The minimum absolute atomic E-state index is 0.0918. The second kappa shape index (κ2) is 12.1. The zero-order valence-corrected chi connectivity index (χ0v) is 23.5. The fraction of sp³-hybridized carbons (Fsp3) is 0.333. The van der Waals surface area contributed by atoms with Crippen molar-refractivity contribution in [3.63, 3.8) is 0 Å². The maximum absolute atomic E-state index is 15.8. The van der Waals surface area contributed by atoms with Gasteiger partial charge in [-0.25, -0.2) is 18.7 Å². The van der Waals surface area contributed by atoms with Crippen LogP contribution in [-0.4, -0.2) is 72.9 Å². The van der Waals surface area contributed by atoms with E-state index in [9.17, 15) is 27.2 Å². The lowest BCUT2D eigenvalue weighted by Crippen LogP contribution is -2.50. The molecule has 1 N–H and O–H groups in total. The number of amides is 1. The third-order valence-corrected chi connectivity index (χ3v) is 7.74.